The van der Waals surface area contributed by atoms with Gasteiger partial charge in [-0.1, -0.05) is 72.4 Å². The molecule has 7 nitrogen and oxygen atoms in total. The van der Waals surface area contributed by atoms with Crippen molar-refractivity contribution in [1.29, 1.82) is 0 Å². The van der Waals surface area contributed by atoms with Crippen molar-refractivity contribution in [2.24, 2.45) is 0 Å². The van der Waals surface area contributed by atoms with Gasteiger partial charge in [-0.15, -0.1) is 10.2 Å². The van der Waals surface area contributed by atoms with Crippen molar-refractivity contribution >= 4 is 35.0 Å². The Morgan fingerprint density at radius 3 is 1.82 bits per heavy atom. The Morgan fingerprint density at radius 2 is 1.26 bits per heavy atom. The van der Waals surface area contributed by atoms with E-state index in [1.165, 1.54) is 18.7 Å². The fraction of sp³-hybridized carbons (Fsp3) is 0.115. The Morgan fingerprint density at radius 1 is 0.735 bits per heavy atom. The number of aromatic nitrogens is 3. The average Bonchev–Trinajstić information content (AvgIpc) is 2.86. The normalized spacial score (nSPS) is 11.5. The first kappa shape index (κ1) is 23.1. The van der Waals surface area contributed by atoms with Crippen LogP contribution in [0.1, 0.15) is 13.8 Å². The fourth-order valence-electron chi connectivity index (χ4n) is 3.24. The summed E-state index contributed by atoms with van der Waals surface area (Å²) in [5.41, 5.74) is 4.55. The summed E-state index contributed by atoms with van der Waals surface area (Å²) < 4.78 is 0. The van der Waals surface area contributed by atoms with E-state index in [1.54, 1.807) is 31.2 Å². The maximum Gasteiger partial charge on any atom is 0.237 e. The lowest BCUT2D eigenvalue weighted by molar-refractivity contribution is -0.115. The quantitative estimate of drug-likeness (QED) is 0.357. The first-order chi connectivity index (χ1) is 16.5. The third kappa shape index (κ3) is 5.85. The Labute approximate surface area is 202 Å². The molecule has 170 valence electrons. The van der Waals surface area contributed by atoms with Gasteiger partial charge in [-0.05, 0) is 31.2 Å². The van der Waals surface area contributed by atoms with E-state index >= 15 is 0 Å². The lowest BCUT2D eigenvalue weighted by atomic mass is 10.0. The fourth-order valence-corrected chi connectivity index (χ4v) is 3.96. The average molecular weight is 470 g/mol. The highest BCUT2D eigenvalue weighted by atomic mass is 32.2. The van der Waals surface area contributed by atoms with Crippen LogP contribution in [0.2, 0.25) is 0 Å². The molecule has 1 aromatic heterocycles. The summed E-state index contributed by atoms with van der Waals surface area (Å²) in [6, 6.07) is 26.5. The molecule has 1 heterocycles. The highest BCUT2D eigenvalue weighted by molar-refractivity contribution is 8.00. The van der Waals surface area contributed by atoms with Crippen molar-refractivity contribution in [3.63, 3.8) is 0 Å². The molecule has 4 aromatic rings. The molecule has 0 radical (unpaired) electrons. The molecule has 0 spiro atoms. The summed E-state index contributed by atoms with van der Waals surface area (Å²) in [5.74, 6) is -0.335. The standard InChI is InChI=1S/C26H23N5O2S/c1-17(25(33)28-22-15-13-21(14-16-22)27-18(2)32)34-26-29-23(19-9-5-3-6-10-19)24(30-31-26)20-11-7-4-8-12-20/h3-17H,1-2H3,(H,27,32)(H,28,33)/t17-/m0/s1. The number of carbonyl (C=O) groups is 2. The third-order valence-electron chi connectivity index (χ3n) is 4.89. The van der Waals surface area contributed by atoms with Gasteiger partial charge in [-0.3, -0.25) is 9.59 Å². The van der Waals surface area contributed by atoms with E-state index < -0.39 is 5.25 Å². The van der Waals surface area contributed by atoms with E-state index in [0.29, 0.717) is 27.9 Å². The van der Waals surface area contributed by atoms with Crippen LogP contribution in [0.4, 0.5) is 11.4 Å². The highest BCUT2D eigenvalue weighted by Gasteiger charge is 2.19. The highest BCUT2D eigenvalue weighted by Crippen LogP contribution is 2.30. The summed E-state index contributed by atoms with van der Waals surface area (Å²) in [7, 11) is 0. The van der Waals surface area contributed by atoms with Crippen molar-refractivity contribution in [2.75, 3.05) is 10.6 Å². The van der Waals surface area contributed by atoms with Crippen LogP contribution in [-0.2, 0) is 9.59 Å². The van der Waals surface area contributed by atoms with Gasteiger partial charge in [-0.2, -0.15) is 0 Å². The molecule has 34 heavy (non-hydrogen) atoms. The minimum atomic E-state index is -0.456. The van der Waals surface area contributed by atoms with Gasteiger partial charge in [-0.25, -0.2) is 4.98 Å². The minimum absolute atomic E-state index is 0.149. The molecule has 1 atom stereocenters. The molecule has 0 unspecified atom stereocenters. The van der Waals surface area contributed by atoms with Gasteiger partial charge in [0.2, 0.25) is 17.0 Å². The van der Waals surface area contributed by atoms with Crippen LogP contribution in [0, 0.1) is 0 Å². The number of rotatable bonds is 7. The second-order valence-electron chi connectivity index (χ2n) is 7.53. The van der Waals surface area contributed by atoms with Gasteiger partial charge < -0.3 is 10.6 Å². The molecule has 0 aliphatic rings. The second kappa shape index (κ2) is 10.7. The molecule has 2 N–H and O–H groups in total. The minimum Gasteiger partial charge on any atom is -0.326 e. The lowest BCUT2D eigenvalue weighted by Gasteiger charge is -2.13. The molecule has 0 saturated carbocycles. The van der Waals surface area contributed by atoms with E-state index in [0.717, 1.165) is 11.1 Å². The maximum absolute atomic E-state index is 12.7. The zero-order valence-electron chi connectivity index (χ0n) is 18.7. The van der Waals surface area contributed by atoms with E-state index in [-0.39, 0.29) is 11.8 Å². The van der Waals surface area contributed by atoms with Gasteiger partial charge in [0.1, 0.15) is 11.4 Å². The van der Waals surface area contributed by atoms with Crippen molar-refractivity contribution in [3.05, 3.63) is 84.9 Å². The molecule has 0 saturated heterocycles. The van der Waals surface area contributed by atoms with Crippen LogP contribution in [0.25, 0.3) is 22.5 Å². The van der Waals surface area contributed by atoms with Gasteiger partial charge >= 0.3 is 0 Å². The lowest BCUT2D eigenvalue weighted by Crippen LogP contribution is -2.22. The maximum atomic E-state index is 12.7. The smallest absolute Gasteiger partial charge is 0.237 e. The van der Waals surface area contributed by atoms with Gasteiger partial charge in [0.05, 0.1) is 5.25 Å². The topological polar surface area (TPSA) is 96.9 Å². The number of nitrogens with one attached hydrogen (secondary N) is 2. The van der Waals surface area contributed by atoms with Crippen LogP contribution in [0.5, 0.6) is 0 Å². The Hall–Kier alpha value is -4.04. The summed E-state index contributed by atoms with van der Waals surface area (Å²) in [5, 5.41) is 14.3. The Bertz CT molecular complexity index is 1280. The summed E-state index contributed by atoms with van der Waals surface area (Å²) in [6.45, 7) is 3.24. The molecule has 0 aliphatic heterocycles. The van der Waals surface area contributed by atoms with Crippen LogP contribution in [0.3, 0.4) is 0 Å². The van der Waals surface area contributed by atoms with Crippen LogP contribution < -0.4 is 10.6 Å². The largest absolute Gasteiger partial charge is 0.326 e. The molecular weight excluding hydrogens is 446 g/mol. The molecule has 4 rings (SSSR count). The Kier molecular flexibility index (Phi) is 7.29. The third-order valence-corrected chi connectivity index (χ3v) is 5.84. The van der Waals surface area contributed by atoms with Crippen LogP contribution >= 0.6 is 11.8 Å². The molecule has 8 heteroatoms. The van der Waals surface area contributed by atoms with Gasteiger partial charge in [0.15, 0.2) is 0 Å². The van der Waals surface area contributed by atoms with E-state index in [4.69, 9.17) is 4.98 Å². The molecule has 0 bridgehead atoms. The molecular formula is C26H23N5O2S. The number of hydrogen-bond acceptors (Lipinski definition) is 6. The van der Waals surface area contributed by atoms with Crippen molar-refractivity contribution in [3.8, 4) is 22.5 Å². The van der Waals surface area contributed by atoms with E-state index in [1.807, 2.05) is 60.7 Å². The summed E-state index contributed by atoms with van der Waals surface area (Å²) in [6.07, 6.45) is 0. The van der Waals surface area contributed by atoms with Crippen molar-refractivity contribution in [2.45, 2.75) is 24.3 Å². The first-order valence-electron chi connectivity index (χ1n) is 10.7. The predicted octanol–water partition coefficient (Wildman–Crippen LogP) is 5.28. The number of hydrogen-bond donors (Lipinski definition) is 2. The van der Waals surface area contributed by atoms with Crippen LogP contribution in [-0.4, -0.2) is 32.2 Å². The number of nitrogens with zero attached hydrogens (tertiary/aromatic N) is 3. The molecule has 0 aliphatic carbocycles. The van der Waals surface area contributed by atoms with E-state index in [2.05, 4.69) is 20.8 Å². The monoisotopic (exact) mass is 469 g/mol. The van der Waals surface area contributed by atoms with Gasteiger partial charge in [0, 0.05) is 29.4 Å². The molecule has 0 fully saturated rings. The first-order valence-corrected chi connectivity index (χ1v) is 11.6. The number of thioether (sulfide) groups is 1. The predicted molar refractivity (Wildman–Crippen MR) is 135 cm³/mol. The number of carbonyl (C=O) groups excluding carboxylic acids is 2. The Balaban J connectivity index is 1.52. The van der Waals surface area contributed by atoms with Crippen molar-refractivity contribution in [1.82, 2.24) is 15.2 Å². The summed E-state index contributed by atoms with van der Waals surface area (Å²) in [4.78, 5) is 28.7. The zero-order chi connectivity index (χ0) is 23.9. The van der Waals surface area contributed by atoms with E-state index in [9.17, 15) is 9.59 Å². The zero-order valence-corrected chi connectivity index (χ0v) is 19.5. The SMILES string of the molecule is CC(=O)Nc1ccc(NC(=O)[C@H](C)Sc2nnc(-c3ccccc3)c(-c3ccccc3)n2)cc1. The second-order valence-corrected chi connectivity index (χ2v) is 8.84. The molecule has 3 aromatic carbocycles. The summed E-state index contributed by atoms with van der Waals surface area (Å²) >= 11 is 1.24. The number of amides is 2. The van der Waals surface area contributed by atoms with Crippen LogP contribution in [0.15, 0.2) is 90.1 Å². The number of anilines is 2. The van der Waals surface area contributed by atoms with Gasteiger partial charge in [0.25, 0.3) is 0 Å². The molecule has 2 amide bonds. The van der Waals surface area contributed by atoms with Crippen molar-refractivity contribution < 1.29 is 9.59 Å². The number of benzene rings is 3.